The van der Waals surface area contributed by atoms with Crippen molar-refractivity contribution in [1.82, 2.24) is 10.2 Å². The molecule has 0 amide bonds. The van der Waals surface area contributed by atoms with E-state index < -0.39 is 0 Å². The van der Waals surface area contributed by atoms with Crippen LogP contribution in [-0.4, -0.2) is 51.3 Å². The zero-order valence-electron chi connectivity index (χ0n) is 9.63. The van der Waals surface area contributed by atoms with E-state index in [9.17, 15) is 0 Å². The van der Waals surface area contributed by atoms with Gasteiger partial charge in [0.2, 0.25) is 0 Å². The van der Waals surface area contributed by atoms with Crippen LogP contribution < -0.4 is 5.32 Å². The third-order valence-electron chi connectivity index (χ3n) is 2.40. The maximum absolute atomic E-state index is 5.02. The highest BCUT2D eigenvalue weighted by atomic mass is 16.5. The summed E-state index contributed by atoms with van der Waals surface area (Å²) in [5.41, 5.74) is 0. The number of rotatable bonds is 7. The summed E-state index contributed by atoms with van der Waals surface area (Å²) in [6.07, 6.45) is 1.08. The fraction of sp³-hybridized carbons (Fsp3) is 1.00. The summed E-state index contributed by atoms with van der Waals surface area (Å²) in [4.78, 5) is 2.22. The van der Waals surface area contributed by atoms with E-state index in [2.05, 4.69) is 38.2 Å². The van der Waals surface area contributed by atoms with E-state index in [0.717, 1.165) is 19.6 Å². The molecule has 0 saturated carbocycles. The normalized spacial score (nSPS) is 16.2. The third kappa shape index (κ3) is 6.99. The van der Waals surface area contributed by atoms with Crippen molar-refractivity contribution in [3.05, 3.63) is 0 Å². The minimum atomic E-state index is 0.544. The van der Waals surface area contributed by atoms with Crippen molar-refractivity contribution in [2.24, 2.45) is 0 Å². The summed E-state index contributed by atoms with van der Waals surface area (Å²) in [7, 11) is 5.95. The number of likely N-dealkylation sites (N-methyl/N-ethyl adjacent to an activating group) is 1. The lowest BCUT2D eigenvalue weighted by Crippen LogP contribution is -2.39. The molecule has 0 spiro atoms. The molecule has 0 aliphatic rings. The van der Waals surface area contributed by atoms with E-state index in [0.29, 0.717) is 12.1 Å². The molecule has 0 heterocycles. The lowest BCUT2D eigenvalue weighted by atomic mass is 10.2. The van der Waals surface area contributed by atoms with Crippen LogP contribution >= 0.6 is 0 Å². The molecule has 0 aromatic rings. The molecule has 0 aliphatic heterocycles. The molecule has 3 nitrogen and oxygen atoms in total. The molecule has 0 aliphatic carbocycles. The lowest BCUT2D eigenvalue weighted by Gasteiger charge is -2.22. The first kappa shape index (κ1) is 12.9. The van der Waals surface area contributed by atoms with Gasteiger partial charge in [-0.05, 0) is 34.4 Å². The second kappa shape index (κ2) is 7.30. The Morgan fingerprint density at radius 3 is 2.38 bits per heavy atom. The maximum Gasteiger partial charge on any atom is 0.0476 e. The molecule has 0 radical (unpaired) electrons. The van der Waals surface area contributed by atoms with E-state index in [-0.39, 0.29) is 0 Å². The lowest BCUT2D eigenvalue weighted by molar-refractivity contribution is 0.182. The quantitative estimate of drug-likeness (QED) is 0.644. The van der Waals surface area contributed by atoms with Crippen LogP contribution in [0.5, 0.6) is 0 Å². The molecule has 2 atom stereocenters. The molecular weight excluding hydrogens is 164 g/mol. The van der Waals surface area contributed by atoms with Gasteiger partial charge in [0.1, 0.15) is 0 Å². The molecule has 13 heavy (non-hydrogen) atoms. The van der Waals surface area contributed by atoms with Gasteiger partial charge in [-0.2, -0.15) is 0 Å². The monoisotopic (exact) mass is 188 g/mol. The standard InChI is InChI=1S/C10H24N2O/c1-9(6-7-13-5)11-8-10(2)12(3)4/h9-11H,6-8H2,1-5H3. The van der Waals surface area contributed by atoms with E-state index >= 15 is 0 Å². The van der Waals surface area contributed by atoms with Gasteiger partial charge in [-0.25, -0.2) is 0 Å². The smallest absolute Gasteiger partial charge is 0.0476 e. The molecule has 0 aromatic carbocycles. The number of methoxy groups -OCH3 is 1. The van der Waals surface area contributed by atoms with E-state index in [4.69, 9.17) is 4.74 Å². The Morgan fingerprint density at radius 2 is 1.92 bits per heavy atom. The first-order valence-corrected chi connectivity index (χ1v) is 4.96. The highest BCUT2D eigenvalue weighted by Gasteiger charge is 2.06. The van der Waals surface area contributed by atoms with Crippen molar-refractivity contribution < 1.29 is 4.74 Å². The molecule has 3 heteroatoms. The number of ether oxygens (including phenoxy) is 1. The number of hydrogen-bond acceptors (Lipinski definition) is 3. The molecule has 0 fully saturated rings. The highest BCUT2D eigenvalue weighted by molar-refractivity contribution is 4.67. The van der Waals surface area contributed by atoms with Crippen molar-refractivity contribution in [3.63, 3.8) is 0 Å². The van der Waals surface area contributed by atoms with Gasteiger partial charge in [0, 0.05) is 32.3 Å². The van der Waals surface area contributed by atoms with Gasteiger partial charge >= 0.3 is 0 Å². The number of nitrogens with one attached hydrogen (secondary N) is 1. The predicted octanol–water partition coefficient (Wildman–Crippen LogP) is 0.951. The Bertz CT molecular complexity index is 117. The van der Waals surface area contributed by atoms with Gasteiger partial charge in [-0.15, -0.1) is 0 Å². The first-order valence-electron chi connectivity index (χ1n) is 4.96. The van der Waals surface area contributed by atoms with Gasteiger partial charge in [0.25, 0.3) is 0 Å². The van der Waals surface area contributed by atoms with Crippen LogP contribution in [0.15, 0.2) is 0 Å². The summed E-state index contributed by atoms with van der Waals surface area (Å²) in [5.74, 6) is 0. The Morgan fingerprint density at radius 1 is 1.31 bits per heavy atom. The summed E-state index contributed by atoms with van der Waals surface area (Å²) in [5, 5.41) is 3.48. The van der Waals surface area contributed by atoms with Crippen LogP contribution in [-0.2, 0) is 4.74 Å². The maximum atomic E-state index is 5.02. The molecule has 1 N–H and O–H groups in total. The van der Waals surface area contributed by atoms with E-state index in [1.165, 1.54) is 0 Å². The minimum Gasteiger partial charge on any atom is -0.385 e. The van der Waals surface area contributed by atoms with Gasteiger partial charge in [-0.1, -0.05) is 0 Å². The van der Waals surface area contributed by atoms with Crippen molar-refractivity contribution in [2.45, 2.75) is 32.4 Å². The molecular formula is C10H24N2O. The summed E-state index contributed by atoms with van der Waals surface area (Å²) < 4.78 is 5.02. The predicted molar refractivity (Wildman–Crippen MR) is 57.1 cm³/mol. The zero-order valence-corrected chi connectivity index (χ0v) is 9.63. The van der Waals surface area contributed by atoms with Crippen LogP contribution in [0.4, 0.5) is 0 Å². The molecule has 0 aromatic heterocycles. The largest absolute Gasteiger partial charge is 0.385 e. The number of nitrogens with zero attached hydrogens (tertiary/aromatic N) is 1. The van der Waals surface area contributed by atoms with Gasteiger partial charge < -0.3 is 15.0 Å². The summed E-state index contributed by atoms with van der Waals surface area (Å²) >= 11 is 0. The molecule has 2 unspecified atom stereocenters. The highest BCUT2D eigenvalue weighted by Crippen LogP contribution is 1.93. The van der Waals surface area contributed by atoms with E-state index in [1.807, 2.05) is 0 Å². The molecule has 0 bridgehead atoms. The fourth-order valence-corrected chi connectivity index (χ4v) is 0.951. The Labute approximate surface area is 82.4 Å². The molecule has 0 rings (SSSR count). The summed E-state index contributed by atoms with van der Waals surface area (Å²) in [6, 6.07) is 1.13. The van der Waals surface area contributed by atoms with Crippen molar-refractivity contribution >= 4 is 0 Å². The van der Waals surface area contributed by atoms with Crippen LogP contribution in [0.2, 0.25) is 0 Å². The van der Waals surface area contributed by atoms with Gasteiger partial charge in [0.15, 0.2) is 0 Å². The van der Waals surface area contributed by atoms with Crippen molar-refractivity contribution in [2.75, 3.05) is 34.4 Å². The zero-order chi connectivity index (χ0) is 10.3. The Kier molecular flexibility index (Phi) is 7.23. The van der Waals surface area contributed by atoms with Gasteiger partial charge in [-0.3, -0.25) is 0 Å². The van der Waals surface area contributed by atoms with E-state index in [1.54, 1.807) is 7.11 Å². The second-order valence-electron chi connectivity index (χ2n) is 3.90. The van der Waals surface area contributed by atoms with Crippen LogP contribution in [0.3, 0.4) is 0 Å². The average Bonchev–Trinajstić information content (AvgIpc) is 2.10. The molecule has 0 saturated heterocycles. The van der Waals surface area contributed by atoms with Crippen molar-refractivity contribution in [1.29, 1.82) is 0 Å². The Balaban J connectivity index is 3.40. The average molecular weight is 188 g/mol. The Hall–Kier alpha value is -0.120. The second-order valence-corrected chi connectivity index (χ2v) is 3.90. The van der Waals surface area contributed by atoms with Gasteiger partial charge in [0.05, 0.1) is 0 Å². The minimum absolute atomic E-state index is 0.544. The molecule has 80 valence electrons. The number of hydrogen-bond donors (Lipinski definition) is 1. The van der Waals surface area contributed by atoms with Crippen LogP contribution in [0, 0.1) is 0 Å². The van der Waals surface area contributed by atoms with Crippen LogP contribution in [0.25, 0.3) is 0 Å². The SMILES string of the molecule is COCCC(C)NCC(C)N(C)C. The van der Waals surface area contributed by atoms with Crippen molar-refractivity contribution in [3.8, 4) is 0 Å². The summed E-state index contributed by atoms with van der Waals surface area (Å²) in [6.45, 7) is 6.29. The first-order chi connectivity index (χ1) is 6.07. The topological polar surface area (TPSA) is 24.5 Å². The third-order valence-corrected chi connectivity index (χ3v) is 2.40. The van der Waals surface area contributed by atoms with Crippen LogP contribution in [0.1, 0.15) is 20.3 Å². The fourth-order valence-electron chi connectivity index (χ4n) is 0.951.